The number of anilines is 2. The molecule has 0 bridgehead atoms. The highest BCUT2D eigenvalue weighted by Crippen LogP contribution is 2.44. The van der Waals surface area contributed by atoms with Crippen molar-refractivity contribution in [3.63, 3.8) is 0 Å². The van der Waals surface area contributed by atoms with E-state index in [0.717, 1.165) is 115 Å². The van der Waals surface area contributed by atoms with Gasteiger partial charge in [-0.25, -0.2) is 24.9 Å². The number of thiazole rings is 1. The van der Waals surface area contributed by atoms with Gasteiger partial charge in [0, 0.05) is 119 Å². The number of amides is 8. The van der Waals surface area contributed by atoms with Crippen LogP contribution in [0, 0.1) is 24.7 Å². The molecule has 38 nitrogen and oxygen atoms in total. The second kappa shape index (κ2) is 50.3. The van der Waals surface area contributed by atoms with Gasteiger partial charge in [-0.2, -0.15) is 10.2 Å². The lowest BCUT2D eigenvalue weighted by atomic mass is 9.85. The number of fused-ring (bicyclic) bond motifs is 2. The molecule has 4 aromatic carbocycles. The number of likely N-dealkylation sites (tertiary alicyclic amines) is 2. The number of rotatable bonds is 47. The number of hydrogen-bond donors (Lipinski definition) is 8. The summed E-state index contributed by atoms with van der Waals surface area (Å²) in [6.45, 7) is 32.0. The Labute approximate surface area is 865 Å². The molecule has 10 aromatic rings. The molecular weight excluding hydrogens is 1920 g/mol. The second-order valence-corrected chi connectivity index (χ2v) is 42.9. The number of β-amino-alcohol motifs (C(OH)–C–C–N with tert-alkyl or cyclic N) is 2. The Morgan fingerprint density at radius 3 is 1.18 bits per heavy atom. The number of benzene rings is 4. The first-order chi connectivity index (χ1) is 70.6. The summed E-state index contributed by atoms with van der Waals surface area (Å²) in [6.07, 6.45) is 6.36. The van der Waals surface area contributed by atoms with Crippen LogP contribution in [0.15, 0.2) is 127 Å². The van der Waals surface area contributed by atoms with Crippen LogP contribution in [0.25, 0.3) is 65.5 Å². The fraction of sp³-hybridized carbons (Fsp3) is 0.542. The third-order valence-corrected chi connectivity index (χ3v) is 29.4. The number of ether oxygens (including phenoxy) is 9. The van der Waals surface area contributed by atoms with Crippen molar-refractivity contribution in [3.05, 3.63) is 149 Å². The first-order valence-corrected chi connectivity index (χ1v) is 52.8. The molecule has 6 aromatic heterocycles. The molecule has 0 spiro atoms. The van der Waals surface area contributed by atoms with Crippen molar-refractivity contribution in [1.82, 2.24) is 86.2 Å². The Morgan fingerprint density at radius 2 is 0.823 bits per heavy atom. The first-order valence-electron chi connectivity index (χ1n) is 51.0. The fourth-order valence-corrected chi connectivity index (χ4v) is 19.9. The molecule has 6 aliphatic rings. The number of nitrogens with one attached hydrogen (secondary N) is 6. The van der Waals surface area contributed by atoms with Gasteiger partial charge in [-0.1, -0.05) is 90.1 Å². The third-order valence-electron chi connectivity index (χ3n) is 27.4. The number of carbonyl (C=O) groups excluding carboxylic acids is 8. The van der Waals surface area contributed by atoms with Crippen LogP contribution in [0.3, 0.4) is 0 Å². The molecule has 790 valence electrons. The average molecular weight is 2060 g/mol. The maximum atomic E-state index is 14.1. The summed E-state index contributed by atoms with van der Waals surface area (Å²) in [7, 11) is 0. The number of aliphatic hydroxyl groups is 2. The zero-order chi connectivity index (χ0) is 104. The highest BCUT2D eigenvalue weighted by Gasteiger charge is 2.48. The van der Waals surface area contributed by atoms with Gasteiger partial charge in [-0.05, 0) is 154 Å². The van der Waals surface area contributed by atoms with Gasteiger partial charge in [0.1, 0.15) is 82.5 Å². The number of piperazine rings is 2. The molecule has 4 saturated heterocycles. The highest BCUT2D eigenvalue weighted by atomic mass is 32.1. The van der Waals surface area contributed by atoms with Crippen molar-refractivity contribution >= 4 is 103 Å². The number of carbonyl (C=O) groups is 8. The number of H-pyrrole nitrogens is 2. The highest BCUT2D eigenvalue weighted by molar-refractivity contribution is 7.14. The molecule has 4 aliphatic heterocycles. The van der Waals surface area contributed by atoms with Gasteiger partial charge in [-0.15, -0.1) is 22.7 Å². The number of aromatic amines is 2. The smallest absolute Gasteiger partial charge is 0.246 e. The number of nitrogens with zero attached hydrogens (tertiary/aromatic N) is 13. The van der Waals surface area contributed by atoms with Crippen LogP contribution in [-0.4, -0.2) is 328 Å². The van der Waals surface area contributed by atoms with E-state index in [1.165, 1.54) is 20.2 Å². The van der Waals surface area contributed by atoms with Gasteiger partial charge in [-0.3, -0.25) is 48.6 Å². The summed E-state index contributed by atoms with van der Waals surface area (Å²) in [5.41, 5.74) is 11.1. The molecule has 10 heterocycles. The van der Waals surface area contributed by atoms with E-state index in [-0.39, 0.29) is 143 Å². The van der Waals surface area contributed by atoms with Crippen LogP contribution in [0.2, 0.25) is 0 Å². The number of aliphatic hydroxyl groups excluding tert-OH is 2. The van der Waals surface area contributed by atoms with E-state index in [2.05, 4.69) is 109 Å². The van der Waals surface area contributed by atoms with Crippen molar-refractivity contribution in [1.29, 1.82) is 0 Å². The van der Waals surface area contributed by atoms with Crippen molar-refractivity contribution < 1.29 is 91.2 Å². The Balaban J connectivity index is 0.000000221. The second-order valence-electron chi connectivity index (χ2n) is 41.1. The molecule has 8 amide bonds. The topological polar surface area (TPSA) is 449 Å². The maximum absolute atomic E-state index is 14.1. The quantitative estimate of drug-likeness (QED) is 0.0164. The lowest BCUT2D eigenvalue weighted by molar-refractivity contribution is -0.144. The van der Waals surface area contributed by atoms with Crippen molar-refractivity contribution in [2.45, 2.75) is 207 Å². The number of aromatic nitrogens is 9. The SMILES string of the molecule is Cc1ccsc1-c1ccc([C@H](C)NC(=O)[C@@H]2C[C@@H](O)CN2C(=O)[C@@H](NC(=O)CCOCCOCCOCCC(=O)N2CCN(c3cc(-c4n[nH]c5ccc(OC6(C)CC6)cc45)ncn3)CC2)C(C)(C)C)cc1.Cc1ncsc1-c1ccc([C@H](C)NC(=O)[C@@H]2C[C@@H](O)CN2C(=O)[C@@H](NC(=O)CCOCCOCCOCCOCCC(=O)N2CCN(c3cc(-c4n[nH]c5ccc(OC6(C)CC6)cc45)ncn3)CC2)C(C)(C)C)cc1. The zero-order valence-corrected chi connectivity index (χ0v) is 87.9. The van der Waals surface area contributed by atoms with E-state index in [1.54, 1.807) is 35.3 Å². The predicted octanol–water partition coefficient (Wildman–Crippen LogP) is 11.1. The molecule has 2 saturated carbocycles. The van der Waals surface area contributed by atoms with Gasteiger partial charge >= 0.3 is 0 Å². The van der Waals surface area contributed by atoms with Gasteiger partial charge in [0.05, 0.1) is 168 Å². The number of hydrogen-bond acceptors (Lipinski definition) is 30. The molecule has 40 heteroatoms. The van der Waals surface area contributed by atoms with Gasteiger partial charge in [0.25, 0.3) is 0 Å². The molecule has 0 unspecified atom stereocenters. The standard InChI is InChI=1S/C54H72N10O10S.C53H69N9O9S/c1-35(37-7-9-38(10-8-37)49-36(2)57-34-75-49)58-51(68)44-29-39(65)32-64(44)52(69)50(53(3,4)5)59-46(66)13-21-70-23-25-72-27-28-73-26-24-71-22-14-47(67)63-19-17-62(18-20-63)45-31-43(55-33-56-45)48-41-30-40(74-54(6)15-16-54)11-12-42(41)60-61-48;1-34-15-28-72-48(34)37-9-7-36(8-10-37)35(2)56-50(66)43-29-38(63)32-62(43)51(67)49(52(3,4)5)57-45(64)13-22-68-24-26-70-27-25-69-23-14-46(65)61-20-18-60(19-21-61)44-31-42(54-33-55-44)47-40-30-39(71-53(6)16-17-53)11-12-41(40)58-59-47/h7-12,30-31,33-35,39,44,50,65H,13-29,32H2,1-6H3,(H,58,68)(H,59,66)(H,60,61);7-12,15,28,30-31,33,35,38,43,49,63H,13-14,16-27,29,32H2,1-6H3,(H,56,66)(H,57,64)(H,58,59)/t35-,39+,44-,50+;35-,38+,43-,49+/m00/s1. The van der Waals surface area contributed by atoms with E-state index in [0.29, 0.717) is 123 Å². The largest absolute Gasteiger partial charge is 0.488 e. The summed E-state index contributed by atoms with van der Waals surface area (Å²) >= 11 is 3.26. The Morgan fingerprint density at radius 1 is 0.449 bits per heavy atom. The minimum absolute atomic E-state index is 0.00913. The molecule has 8 N–H and O–H groups in total. The fourth-order valence-electron chi connectivity index (χ4n) is 18.2. The van der Waals surface area contributed by atoms with Crippen molar-refractivity contribution in [2.24, 2.45) is 10.8 Å². The molecule has 2 aliphatic carbocycles. The van der Waals surface area contributed by atoms with Crippen LogP contribution in [0.1, 0.15) is 168 Å². The van der Waals surface area contributed by atoms with Gasteiger partial charge < -0.3 is 104 Å². The predicted molar refractivity (Wildman–Crippen MR) is 557 cm³/mol. The number of thiophene rings is 1. The molecule has 8 atom stereocenters. The Kier molecular flexibility index (Phi) is 37.3. The number of aryl methyl sites for hydroxylation is 2. The summed E-state index contributed by atoms with van der Waals surface area (Å²) in [5, 5.41) is 52.3. The van der Waals surface area contributed by atoms with E-state index in [9.17, 15) is 48.6 Å². The van der Waals surface area contributed by atoms with E-state index >= 15 is 0 Å². The summed E-state index contributed by atoms with van der Waals surface area (Å²) in [5.74, 6) is 0.967. The van der Waals surface area contributed by atoms with Crippen LogP contribution < -0.4 is 40.5 Å². The maximum Gasteiger partial charge on any atom is 0.246 e. The monoisotopic (exact) mass is 2060 g/mol. The summed E-state index contributed by atoms with van der Waals surface area (Å²) < 4.78 is 51.8. The first kappa shape index (κ1) is 109. The zero-order valence-electron chi connectivity index (χ0n) is 86.2. The van der Waals surface area contributed by atoms with E-state index in [1.807, 2.05) is 175 Å². The Bertz CT molecular complexity index is 6100. The van der Waals surface area contributed by atoms with Crippen molar-refractivity contribution in [2.75, 3.05) is 168 Å². The minimum atomic E-state index is -0.941. The van der Waals surface area contributed by atoms with Crippen LogP contribution in [-0.2, 0) is 71.5 Å². The molecule has 6 fully saturated rings. The van der Waals surface area contributed by atoms with E-state index in [4.69, 9.17) is 42.6 Å². The average Bonchev–Trinajstić information content (AvgIpc) is 1.63. The van der Waals surface area contributed by atoms with Crippen LogP contribution in [0.4, 0.5) is 11.6 Å². The lowest BCUT2D eigenvalue weighted by Gasteiger charge is -2.35. The van der Waals surface area contributed by atoms with Gasteiger partial charge in [0.2, 0.25) is 47.3 Å². The normalized spacial score (nSPS) is 18.4. The lowest BCUT2D eigenvalue weighted by Crippen LogP contribution is -2.58. The minimum Gasteiger partial charge on any atom is -0.488 e. The molecular formula is C107H141N19O19S2. The molecule has 0 radical (unpaired) electrons. The molecule has 147 heavy (non-hydrogen) atoms. The summed E-state index contributed by atoms with van der Waals surface area (Å²) in [4.78, 5) is 143. The van der Waals surface area contributed by atoms with Crippen LogP contribution in [0.5, 0.6) is 11.5 Å². The third kappa shape index (κ3) is 30.0. The van der Waals surface area contributed by atoms with Gasteiger partial charge in [0.15, 0.2) is 0 Å². The van der Waals surface area contributed by atoms with Crippen molar-refractivity contribution in [3.8, 4) is 55.2 Å². The molecule has 16 rings (SSSR count). The Hall–Kier alpha value is -12.1. The van der Waals surface area contributed by atoms with E-state index < -0.39 is 59.0 Å². The van der Waals surface area contributed by atoms with Crippen LogP contribution >= 0.6 is 22.7 Å². The summed E-state index contributed by atoms with van der Waals surface area (Å²) in [6, 6.07) is 29.5.